The average Bonchev–Trinajstić information content (AvgIpc) is 2.71. The van der Waals surface area contributed by atoms with Gasteiger partial charge in [0, 0.05) is 28.9 Å². The Labute approximate surface area is 126 Å². The molecule has 120 valence electrons. The lowest BCUT2D eigenvalue weighted by atomic mass is 10.2. The Morgan fingerprint density at radius 3 is 2.62 bits per heavy atom. The van der Waals surface area contributed by atoms with Gasteiger partial charge in [-0.2, -0.15) is 5.10 Å². The first kappa shape index (κ1) is 17.8. The number of aromatic nitrogens is 2. The van der Waals surface area contributed by atoms with E-state index >= 15 is 0 Å². The molecule has 8 nitrogen and oxygen atoms in total. The van der Waals surface area contributed by atoms with Crippen LogP contribution in [-0.2, 0) is 27.2 Å². The number of hydrogen-bond acceptors (Lipinski definition) is 5. The van der Waals surface area contributed by atoms with Gasteiger partial charge in [-0.05, 0) is 13.3 Å². The fourth-order valence-electron chi connectivity index (χ4n) is 1.93. The van der Waals surface area contributed by atoms with Crippen molar-refractivity contribution >= 4 is 26.7 Å². The van der Waals surface area contributed by atoms with Crippen LogP contribution in [0.2, 0.25) is 0 Å². The van der Waals surface area contributed by atoms with Gasteiger partial charge in [0.2, 0.25) is 10.0 Å². The highest BCUT2D eigenvalue weighted by Gasteiger charge is 2.27. The Kier molecular flexibility index (Phi) is 6.05. The summed E-state index contributed by atoms with van der Waals surface area (Å²) in [5.41, 5.74) is 0.0616. The van der Waals surface area contributed by atoms with Gasteiger partial charge in [-0.1, -0.05) is 13.3 Å². The van der Waals surface area contributed by atoms with Crippen LogP contribution in [0.15, 0.2) is 4.90 Å². The molecular formula is C11H20N4O4S2. The van der Waals surface area contributed by atoms with Crippen molar-refractivity contribution in [1.29, 1.82) is 0 Å². The summed E-state index contributed by atoms with van der Waals surface area (Å²) in [6, 6.07) is -0.372. The van der Waals surface area contributed by atoms with Gasteiger partial charge in [-0.25, -0.2) is 13.6 Å². The zero-order valence-corrected chi connectivity index (χ0v) is 13.8. The minimum atomic E-state index is -4.06. The molecule has 0 aliphatic heterocycles. The monoisotopic (exact) mass is 336 g/mol. The number of nitrogens with one attached hydrogen (secondary N) is 2. The van der Waals surface area contributed by atoms with Crippen molar-refractivity contribution in [3.05, 3.63) is 11.4 Å². The molecule has 0 fully saturated rings. The van der Waals surface area contributed by atoms with Crippen LogP contribution in [0, 0.1) is 0 Å². The molecule has 0 aliphatic carbocycles. The standard InChI is InChI=1S/C11H20N4O4S2/c1-4-5-8-10(21(12,18)19)9(15-14-8)11(16)13-7(2)6-20(3)17/h7H,4-6H2,1-3H3,(H,13,16)(H,14,15)(H2,12,18,19). The Balaban J connectivity index is 3.07. The summed E-state index contributed by atoms with van der Waals surface area (Å²) in [6.45, 7) is 3.54. The molecule has 1 rings (SSSR count). The van der Waals surface area contributed by atoms with E-state index in [0.29, 0.717) is 18.5 Å². The molecule has 1 aromatic rings. The summed E-state index contributed by atoms with van der Waals surface area (Å²) in [5.74, 6) is -0.390. The fourth-order valence-corrected chi connectivity index (χ4v) is 3.62. The highest BCUT2D eigenvalue weighted by molar-refractivity contribution is 7.89. The lowest BCUT2D eigenvalue weighted by Gasteiger charge is -2.11. The lowest BCUT2D eigenvalue weighted by Crippen LogP contribution is -2.37. The molecule has 0 radical (unpaired) electrons. The second-order valence-corrected chi connectivity index (χ2v) is 7.77. The van der Waals surface area contributed by atoms with E-state index in [1.807, 2.05) is 6.92 Å². The Morgan fingerprint density at radius 2 is 2.14 bits per heavy atom. The third kappa shape index (κ3) is 4.90. The molecular weight excluding hydrogens is 316 g/mol. The zero-order valence-electron chi connectivity index (χ0n) is 12.2. The third-order valence-electron chi connectivity index (χ3n) is 2.65. The van der Waals surface area contributed by atoms with Crippen molar-refractivity contribution in [2.45, 2.75) is 37.6 Å². The summed E-state index contributed by atoms with van der Waals surface area (Å²) in [7, 11) is -5.14. The Hall–Kier alpha value is -1.26. The maximum absolute atomic E-state index is 12.1. The van der Waals surface area contributed by atoms with E-state index in [9.17, 15) is 17.4 Å². The predicted molar refractivity (Wildman–Crippen MR) is 79.8 cm³/mol. The van der Waals surface area contributed by atoms with Crippen LogP contribution in [0.4, 0.5) is 0 Å². The summed E-state index contributed by atoms with van der Waals surface area (Å²) < 4.78 is 34.4. The normalized spacial score (nSPS) is 14.7. The molecule has 10 heteroatoms. The van der Waals surface area contributed by atoms with Gasteiger partial charge >= 0.3 is 0 Å². The SMILES string of the molecule is CCCc1[nH]nc(C(=O)NC(C)CS(C)=O)c1S(N)(=O)=O. The van der Waals surface area contributed by atoms with Crippen LogP contribution in [0.1, 0.15) is 36.5 Å². The number of sulfonamides is 1. The number of amides is 1. The molecule has 0 saturated heterocycles. The molecule has 0 aromatic carbocycles. The van der Waals surface area contributed by atoms with Gasteiger partial charge in [0.25, 0.3) is 5.91 Å². The molecule has 21 heavy (non-hydrogen) atoms. The maximum Gasteiger partial charge on any atom is 0.273 e. The van der Waals surface area contributed by atoms with Crippen LogP contribution < -0.4 is 10.5 Å². The number of rotatable bonds is 7. The van der Waals surface area contributed by atoms with Crippen molar-refractivity contribution in [2.75, 3.05) is 12.0 Å². The van der Waals surface area contributed by atoms with Crippen molar-refractivity contribution in [1.82, 2.24) is 15.5 Å². The third-order valence-corrected chi connectivity index (χ3v) is 4.63. The van der Waals surface area contributed by atoms with E-state index in [-0.39, 0.29) is 22.4 Å². The van der Waals surface area contributed by atoms with Gasteiger partial charge in [-0.3, -0.25) is 14.1 Å². The van der Waals surface area contributed by atoms with E-state index < -0.39 is 26.7 Å². The number of aromatic amines is 1. The van der Waals surface area contributed by atoms with Crippen molar-refractivity contribution in [3.8, 4) is 0 Å². The molecule has 4 N–H and O–H groups in total. The van der Waals surface area contributed by atoms with Crippen LogP contribution in [0.5, 0.6) is 0 Å². The van der Waals surface area contributed by atoms with E-state index in [4.69, 9.17) is 5.14 Å². The highest BCUT2D eigenvalue weighted by Crippen LogP contribution is 2.18. The quantitative estimate of drug-likeness (QED) is 0.617. The number of primary sulfonamides is 1. The zero-order chi connectivity index (χ0) is 16.2. The summed E-state index contributed by atoms with van der Waals surface area (Å²) in [5, 5.41) is 14.0. The van der Waals surface area contributed by atoms with Crippen LogP contribution in [-0.4, -0.2) is 46.8 Å². The van der Waals surface area contributed by atoms with Gasteiger partial charge in [0.05, 0.1) is 5.69 Å². The molecule has 0 spiro atoms. The number of H-pyrrole nitrogens is 1. The number of nitrogens with two attached hydrogens (primary N) is 1. The number of nitrogens with zero attached hydrogens (tertiary/aromatic N) is 1. The van der Waals surface area contributed by atoms with E-state index in [2.05, 4.69) is 15.5 Å². The first-order valence-electron chi connectivity index (χ1n) is 6.37. The average molecular weight is 336 g/mol. The first-order chi connectivity index (χ1) is 9.66. The van der Waals surface area contributed by atoms with Gasteiger partial charge < -0.3 is 5.32 Å². The summed E-state index contributed by atoms with van der Waals surface area (Å²) >= 11 is 0. The second kappa shape index (κ2) is 7.14. The number of aryl methyl sites for hydroxylation is 1. The van der Waals surface area contributed by atoms with Gasteiger partial charge in [-0.15, -0.1) is 0 Å². The first-order valence-corrected chi connectivity index (χ1v) is 9.65. The van der Waals surface area contributed by atoms with Crippen molar-refractivity contribution in [2.24, 2.45) is 5.14 Å². The molecule has 2 atom stereocenters. The van der Waals surface area contributed by atoms with Gasteiger partial charge in [0.15, 0.2) is 5.69 Å². The summed E-state index contributed by atoms with van der Waals surface area (Å²) in [4.78, 5) is 11.8. The lowest BCUT2D eigenvalue weighted by molar-refractivity contribution is 0.0935. The molecule has 1 amide bonds. The molecule has 1 aromatic heterocycles. The largest absolute Gasteiger partial charge is 0.347 e. The van der Waals surface area contributed by atoms with Crippen LogP contribution in [0.3, 0.4) is 0 Å². The molecule has 1 heterocycles. The maximum atomic E-state index is 12.1. The van der Waals surface area contributed by atoms with E-state index in [1.54, 1.807) is 6.92 Å². The highest BCUT2D eigenvalue weighted by atomic mass is 32.2. The van der Waals surface area contributed by atoms with E-state index in [0.717, 1.165) is 0 Å². The van der Waals surface area contributed by atoms with Crippen LogP contribution >= 0.6 is 0 Å². The smallest absolute Gasteiger partial charge is 0.273 e. The van der Waals surface area contributed by atoms with Crippen molar-refractivity contribution in [3.63, 3.8) is 0 Å². The molecule has 2 unspecified atom stereocenters. The topological polar surface area (TPSA) is 135 Å². The van der Waals surface area contributed by atoms with Crippen LogP contribution in [0.25, 0.3) is 0 Å². The summed E-state index contributed by atoms with van der Waals surface area (Å²) in [6.07, 6.45) is 2.61. The molecule has 0 saturated carbocycles. The molecule has 0 bridgehead atoms. The van der Waals surface area contributed by atoms with E-state index in [1.165, 1.54) is 6.26 Å². The number of hydrogen-bond donors (Lipinski definition) is 3. The fraction of sp³-hybridized carbons (Fsp3) is 0.636. The minimum absolute atomic E-state index is 0.255. The minimum Gasteiger partial charge on any atom is -0.347 e. The Bertz CT molecular complexity index is 639. The Morgan fingerprint density at radius 1 is 1.52 bits per heavy atom. The predicted octanol–water partition coefficient (Wildman–Crippen LogP) is -0.494. The van der Waals surface area contributed by atoms with Gasteiger partial charge in [0.1, 0.15) is 4.90 Å². The molecule has 0 aliphatic rings. The second-order valence-electron chi connectivity index (χ2n) is 4.79. The number of carbonyl (C=O) groups is 1. The van der Waals surface area contributed by atoms with Crippen molar-refractivity contribution < 1.29 is 17.4 Å². The number of carbonyl (C=O) groups excluding carboxylic acids is 1.